The van der Waals surface area contributed by atoms with E-state index in [-0.39, 0.29) is 24.0 Å². The first-order chi connectivity index (χ1) is 14.3. The molecule has 160 valence electrons. The average molecular weight is 521 g/mol. The van der Waals surface area contributed by atoms with Crippen LogP contribution in [0, 0.1) is 0 Å². The van der Waals surface area contributed by atoms with E-state index in [9.17, 15) is 0 Å². The highest BCUT2D eigenvalue weighted by atomic mass is 127. The first kappa shape index (κ1) is 22.3. The molecule has 0 aliphatic carbocycles. The maximum Gasteiger partial charge on any atom is 0.216 e. The summed E-state index contributed by atoms with van der Waals surface area (Å²) in [6, 6.07) is 14.3. The second-order valence-electron chi connectivity index (χ2n) is 7.06. The van der Waals surface area contributed by atoms with Gasteiger partial charge in [0, 0.05) is 52.7 Å². The van der Waals surface area contributed by atoms with Crippen molar-refractivity contribution in [3.05, 3.63) is 60.1 Å². The molecule has 1 aromatic carbocycles. The number of benzene rings is 1. The predicted octanol–water partition coefficient (Wildman–Crippen LogP) is 2.62. The molecule has 0 radical (unpaired) electrons. The van der Waals surface area contributed by atoms with Crippen molar-refractivity contribution in [3.63, 3.8) is 0 Å². The summed E-state index contributed by atoms with van der Waals surface area (Å²) >= 11 is 0. The number of furan rings is 1. The molecule has 0 atom stereocenters. The third kappa shape index (κ3) is 5.82. The summed E-state index contributed by atoms with van der Waals surface area (Å²) in [6.45, 7) is 5.75. The number of hydrogen-bond acceptors (Lipinski definition) is 5. The summed E-state index contributed by atoms with van der Waals surface area (Å²) in [7, 11) is 1.84. The van der Waals surface area contributed by atoms with Crippen molar-refractivity contribution in [1.29, 1.82) is 0 Å². The topological polar surface area (TPSA) is 85.6 Å². The fraction of sp³-hybridized carbons (Fsp3) is 0.381. The molecule has 30 heavy (non-hydrogen) atoms. The van der Waals surface area contributed by atoms with Crippen LogP contribution in [0.3, 0.4) is 0 Å². The number of halogens is 1. The number of H-pyrrole nitrogens is 1. The van der Waals surface area contributed by atoms with Gasteiger partial charge in [-0.05, 0) is 17.7 Å². The van der Waals surface area contributed by atoms with E-state index in [2.05, 4.69) is 65.6 Å². The van der Waals surface area contributed by atoms with E-state index in [1.165, 1.54) is 5.56 Å². The number of aromatic nitrogens is 3. The van der Waals surface area contributed by atoms with Crippen molar-refractivity contribution in [1.82, 2.24) is 30.3 Å². The Labute approximate surface area is 193 Å². The van der Waals surface area contributed by atoms with Crippen LogP contribution in [0.25, 0.3) is 11.6 Å². The Balaban J connectivity index is 0.00000256. The molecule has 2 N–H and O–H groups in total. The van der Waals surface area contributed by atoms with Crippen LogP contribution >= 0.6 is 24.0 Å². The van der Waals surface area contributed by atoms with Crippen LogP contribution in [0.4, 0.5) is 0 Å². The zero-order chi connectivity index (χ0) is 19.9. The minimum absolute atomic E-state index is 0. The molecule has 0 bridgehead atoms. The first-order valence-electron chi connectivity index (χ1n) is 9.99. The lowest BCUT2D eigenvalue weighted by Gasteiger charge is -2.36. The van der Waals surface area contributed by atoms with Crippen molar-refractivity contribution < 1.29 is 4.42 Å². The van der Waals surface area contributed by atoms with Crippen LogP contribution in [0.2, 0.25) is 0 Å². The normalized spacial score (nSPS) is 15.1. The molecule has 4 rings (SSSR count). The number of piperazine rings is 1. The van der Waals surface area contributed by atoms with Crippen LogP contribution in [-0.2, 0) is 13.0 Å². The zero-order valence-corrected chi connectivity index (χ0v) is 19.5. The molecule has 3 aromatic rings. The fourth-order valence-corrected chi connectivity index (χ4v) is 3.51. The molecule has 2 aromatic heterocycles. The van der Waals surface area contributed by atoms with Gasteiger partial charge >= 0.3 is 0 Å². The van der Waals surface area contributed by atoms with Crippen molar-refractivity contribution in [2.45, 2.75) is 13.0 Å². The Kier molecular flexibility index (Phi) is 8.26. The Morgan fingerprint density at radius 3 is 2.63 bits per heavy atom. The summed E-state index contributed by atoms with van der Waals surface area (Å²) in [5.41, 5.74) is 1.37. The van der Waals surface area contributed by atoms with Crippen LogP contribution in [0.1, 0.15) is 11.4 Å². The molecule has 1 aliphatic heterocycles. The number of aromatic amines is 1. The quantitative estimate of drug-likeness (QED) is 0.295. The maximum absolute atomic E-state index is 5.33. The number of rotatable bonds is 6. The smallest absolute Gasteiger partial charge is 0.216 e. The van der Waals surface area contributed by atoms with Gasteiger partial charge in [0.25, 0.3) is 0 Å². The van der Waals surface area contributed by atoms with Gasteiger partial charge in [-0.25, -0.2) is 4.98 Å². The minimum atomic E-state index is 0. The second-order valence-corrected chi connectivity index (χ2v) is 7.06. The molecule has 1 fully saturated rings. The molecular formula is C21H28IN7O. The largest absolute Gasteiger partial charge is 0.461 e. The van der Waals surface area contributed by atoms with E-state index in [0.717, 1.165) is 57.5 Å². The highest BCUT2D eigenvalue weighted by molar-refractivity contribution is 14.0. The third-order valence-electron chi connectivity index (χ3n) is 5.05. The molecule has 1 saturated heterocycles. The van der Waals surface area contributed by atoms with Gasteiger partial charge in [-0.1, -0.05) is 30.3 Å². The molecule has 0 saturated carbocycles. The number of nitrogens with one attached hydrogen (secondary N) is 2. The monoisotopic (exact) mass is 521 g/mol. The van der Waals surface area contributed by atoms with Crippen molar-refractivity contribution in [2.75, 3.05) is 39.8 Å². The molecule has 9 heteroatoms. The fourth-order valence-electron chi connectivity index (χ4n) is 3.51. The van der Waals surface area contributed by atoms with Crippen LogP contribution < -0.4 is 5.32 Å². The SMILES string of the molecule is CN=C(NCCc1nc(-c2ccco2)n[nH]1)N1CCN(Cc2ccccc2)CC1.I. The Morgan fingerprint density at radius 2 is 1.93 bits per heavy atom. The standard InChI is InChI=1S/C21H27N7O.HI/c1-22-21(23-10-9-19-24-20(26-25-19)18-8-5-15-29-18)28-13-11-27(12-14-28)16-17-6-3-2-4-7-17;/h2-8,15H,9-14,16H2,1H3,(H,22,23)(H,24,25,26);1H. The van der Waals surface area contributed by atoms with Gasteiger partial charge in [0.2, 0.25) is 5.82 Å². The van der Waals surface area contributed by atoms with E-state index in [1.54, 1.807) is 6.26 Å². The summed E-state index contributed by atoms with van der Waals surface area (Å²) in [5.74, 6) is 3.02. The van der Waals surface area contributed by atoms with Gasteiger partial charge in [-0.2, -0.15) is 5.10 Å². The van der Waals surface area contributed by atoms with E-state index in [4.69, 9.17) is 4.42 Å². The Bertz CT molecular complexity index is 903. The van der Waals surface area contributed by atoms with Crippen molar-refractivity contribution in [2.24, 2.45) is 4.99 Å². The van der Waals surface area contributed by atoms with Crippen LogP contribution in [0.5, 0.6) is 0 Å². The molecule has 0 amide bonds. The van der Waals surface area contributed by atoms with Crippen molar-refractivity contribution >= 4 is 29.9 Å². The van der Waals surface area contributed by atoms with Gasteiger partial charge in [0.05, 0.1) is 6.26 Å². The molecular weight excluding hydrogens is 493 g/mol. The zero-order valence-electron chi connectivity index (χ0n) is 17.1. The lowest BCUT2D eigenvalue weighted by atomic mass is 10.2. The number of aliphatic imine (C=N–C) groups is 1. The molecule has 8 nitrogen and oxygen atoms in total. The van der Waals surface area contributed by atoms with Crippen molar-refractivity contribution in [3.8, 4) is 11.6 Å². The van der Waals surface area contributed by atoms with Crippen LogP contribution in [-0.4, -0.2) is 70.7 Å². The summed E-state index contributed by atoms with van der Waals surface area (Å²) < 4.78 is 5.33. The predicted molar refractivity (Wildman–Crippen MR) is 128 cm³/mol. The number of guanidine groups is 1. The Morgan fingerprint density at radius 1 is 1.13 bits per heavy atom. The van der Waals surface area contributed by atoms with E-state index >= 15 is 0 Å². The summed E-state index contributed by atoms with van der Waals surface area (Å²) in [4.78, 5) is 13.7. The maximum atomic E-state index is 5.33. The number of nitrogens with zero attached hydrogens (tertiary/aromatic N) is 5. The first-order valence-corrected chi connectivity index (χ1v) is 9.99. The lowest BCUT2D eigenvalue weighted by molar-refractivity contribution is 0.172. The highest BCUT2D eigenvalue weighted by Crippen LogP contribution is 2.14. The summed E-state index contributed by atoms with van der Waals surface area (Å²) in [5, 5.41) is 10.6. The van der Waals surface area contributed by atoms with E-state index < -0.39 is 0 Å². The minimum Gasteiger partial charge on any atom is -0.461 e. The number of hydrogen-bond donors (Lipinski definition) is 2. The second kappa shape index (κ2) is 11.1. The van der Waals surface area contributed by atoms with Gasteiger partial charge in [0.1, 0.15) is 5.82 Å². The van der Waals surface area contributed by atoms with E-state index in [0.29, 0.717) is 11.6 Å². The average Bonchev–Trinajstić information content (AvgIpc) is 3.45. The molecule has 3 heterocycles. The van der Waals surface area contributed by atoms with Gasteiger partial charge in [-0.15, -0.1) is 24.0 Å². The van der Waals surface area contributed by atoms with E-state index in [1.807, 2.05) is 19.2 Å². The molecule has 0 unspecified atom stereocenters. The highest BCUT2D eigenvalue weighted by Gasteiger charge is 2.19. The molecule has 0 spiro atoms. The summed E-state index contributed by atoms with van der Waals surface area (Å²) in [6.07, 6.45) is 2.36. The van der Waals surface area contributed by atoms with Crippen LogP contribution in [0.15, 0.2) is 58.1 Å². The third-order valence-corrected chi connectivity index (χ3v) is 5.05. The Hall–Kier alpha value is -2.40. The lowest BCUT2D eigenvalue weighted by Crippen LogP contribution is -2.52. The van der Waals surface area contributed by atoms with Gasteiger partial charge in [0.15, 0.2) is 11.7 Å². The van der Waals surface area contributed by atoms with Gasteiger partial charge in [-0.3, -0.25) is 15.0 Å². The van der Waals surface area contributed by atoms with Gasteiger partial charge < -0.3 is 14.6 Å². The molecule has 1 aliphatic rings.